The van der Waals surface area contributed by atoms with Crippen molar-refractivity contribution in [3.63, 3.8) is 0 Å². The fraction of sp³-hybridized carbons (Fsp3) is 0.917. The number of likely N-dealkylation sites (N-methyl/N-ethyl adjacent to an activating group) is 2. The molecule has 0 aliphatic carbocycles. The first-order valence-corrected chi connectivity index (χ1v) is 6.28. The molecule has 1 rings (SSSR count). The number of likely N-dealkylation sites (tertiary alicyclic amines) is 1. The summed E-state index contributed by atoms with van der Waals surface area (Å²) in [7, 11) is 4.37. The van der Waals surface area contributed by atoms with Crippen LogP contribution in [0.1, 0.15) is 32.6 Å². The fourth-order valence-electron chi connectivity index (χ4n) is 2.60. The van der Waals surface area contributed by atoms with Gasteiger partial charge in [0.2, 0.25) is 0 Å². The summed E-state index contributed by atoms with van der Waals surface area (Å²) in [6, 6.07) is 1.05. The Bertz CT molecular complexity index is 229. The van der Waals surface area contributed by atoms with Gasteiger partial charge in [-0.15, -0.1) is 0 Å². The standard InChI is InChI=1S/C12H26N4/c1-4-10(8-12(13)14)16(3)11-6-5-7-15(2)9-11/h10-11H,4-9H2,1-3H3,(H3,13,14). The van der Waals surface area contributed by atoms with Crippen molar-refractivity contribution < 1.29 is 0 Å². The number of hydrogen-bond donors (Lipinski definition) is 2. The fourth-order valence-corrected chi connectivity index (χ4v) is 2.60. The minimum Gasteiger partial charge on any atom is -0.388 e. The second kappa shape index (κ2) is 6.21. The first-order valence-electron chi connectivity index (χ1n) is 6.28. The number of hydrogen-bond acceptors (Lipinski definition) is 3. The average Bonchev–Trinajstić information content (AvgIpc) is 2.24. The molecule has 2 atom stereocenters. The number of nitrogens with two attached hydrogens (primary N) is 1. The molecule has 0 saturated carbocycles. The first kappa shape index (κ1) is 13.5. The van der Waals surface area contributed by atoms with E-state index in [-0.39, 0.29) is 0 Å². The average molecular weight is 226 g/mol. The largest absolute Gasteiger partial charge is 0.388 e. The minimum atomic E-state index is 0.308. The van der Waals surface area contributed by atoms with Crippen LogP contribution in [0.4, 0.5) is 0 Å². The predicted octanol–water partition coefficient (Wildman–Crippen LogP) is 1.12. The van der Waals surface area contributed by atoms with Gasteiger partial charge in [-0.25, -0.2) is 0 Å². The highest BCUT2D eigenvalue weighted by atomic mass is 15.2. The second-order valence-electron chi connectivity index (χ2n) is 5.02. The molecule has 0 aromatic heterocycles. The van der Waals surface area contributed by atoms with Crippen LogP contribution in [-0.4, -0.2) is 54.9 Å². The molecule has 16 heavy (non-hydrogen) atoms. The number of piperidine rings is 1. The quantitative estimate of drug-likeness (QED) is 0.545. The number of nitrogens with one attached hydrogen (secondary N) is 1. The van der Waals surface area contributed by atoms with E-state index in [1.807, 2.05) is 0 Å². The molecule has 0 amide bonds. The van der Waals surface area contributed by atoms with Crippen LogP contribution < -0.4 is 5.73 Å². The molecular formula is C12H26N4. The van der Waals surface area contributed by atoms with Gasteiger partial charge in [0.25, 0.3) is 0 Å². The second-order valence-corrected chi connectivity index (χ2v) is 5.02. The van der Waals surface area contributed by atoms with Gasteiger partial charge in [0.15, 0.2) is 0 Å². The smallest absolute Gasteiger partial charge is 0.0921 e. The molecule has 0 spiro atoms. The molecule has 1 saturated heterocycles. The summed E-state index contributed by atoms with van der Waals surface area (Å²) in [5.74, 6) is 0.308. The predicted molar refractivity (Wildman–Crippen MR) is 68.9 cm³/mol. The van der Waals surface area contributed by atoms with E-state index in [2.05, 4.69) is 30.8 Å². The monoisotopic (exact) mass is 226 g/mol. The molecule has 3 N–H and O–H groups in total. The minimum absolute atomic E-state index is 0.308. The molecule has 94 valence electrons. The lowest BCUT2D eigenvalue weighted by Gasteiger charge is -2.39. The normalized spacial score (nSPS) is 24.6. The summed E-state index contributed by atoms with van der Waals surface area (Å²) in [5, 5.41) is 7.42. The summed E-state index contributed by atoms with van der Waals surface area (Å²) in [5.41, 5.74) is 5.51. The summed E-state index contributed by atoms with van der Waals surface area (Å²) in [6.07, 6.45) is 4.32. The third-order valence-electron chi connectivity index (χ3n) is 3.68. The van der Waals surface area contributed by atoms with Crippen molar-refractivity contribution in [2.75, 3.05) is 27.2 Å². The molecule has 4 heteroatoms. The van der Waals surface area contributed by atoms with Crippen LogP contribution in [0.15, 0.2) is 0 Å². The maximum Gasteiger partial charge on any atom is 0.0921 e. The van der Waals surface area contributed by atoms with Gasteiger partial charge >= 0.3 is 0 Å². The lowest BCUT2D eigenvalue weighted by Crippen LogP contribution is -2.49. The van der Waals surface area contributed by atoms with Crippen LogP contribution in [0.2, 0.25) is 0 Å². The van der Waals surface area contributed by atoms with E-state index in [1.165, 1.54) is 19.4 Å². The summed E-state index contributed by atoms with van der Waals surface area (Å²) in [4.78, 5) is 4.82. The lowest BCUT2D eigenvalue weighted by atomic mass is 10.0. The highest BCUT2D eigenvalue weighted by molar-refractivity contribution is 5.77. The lowest BCUT2D eigenvalue weighted by molar-refractivity contribution is 0.0988. The highest BCUT2D eigenvalue weighted by Crippen LogP contribution is 2.18. The van der Waals surface area contributed by atoms with Crippen molar-refractivity contribution in [1.29, 1.82) is 5.41 Å². The Hall–Kier alpha value is -0.610. The van der Waals surface area contributed by atoms with Crippen LogP contribution in [0, 0.1) is 5.41 Å². The molecule has 1 aliphatic heterocycles. The Kier molecular flexibility index (Phi) is 5.22. The first-order chi connectivity index (χ1) is 7.54. The van der Waals surface area contributed by atoms with E-state index in [1.54, 1.807) is 0 Å². The molecule has 0 aromatic carbocycles. The van der Waals surface area contributed by atoms with Gasteiger partial charge in [0.1, 0.15) is 0 Å². The van der Waals surface area contributed by atoms with Crippen LogP contribution in [0.25, 0.3) is 0 Å². The van der Waals surface area contributed by atoms with Crippen LogP contribution in [0.5, 0.6) is 0 Å². The zero-order valence-corrected chi connectivity index (χ0v) is 10.9. The van der Waals surface area contributed by atoms with Crippen LogP contribution >= 0.6 is 0 Å². The van der Waals surface area contributed by atoms with Gasteiger partial charge in [-0.05, 0) is 39.9 Å². The van der Waals surface area contributed by atoms with Crippen molar-refractivity contribution >= 4 is 5.84 Å². The Morgan fingerprint density at radius 3 is 2.81 bits per heavy atom. The number of amidine groups is 1. The van der Waals surface area contributed by atoms with Crippen molar-refractivity contribution in [3.05, 3.63) is 0 Å². The van der Waals surface area contributed by atoms with Crippen molar-refractivity contribution in [2.24, 2.45) is 5.73 Å². The van der Waals surface area contributed by atoms with Crippen LogP contribution in [0.3, 0.4) is 0 Å². The van der Waals surface area contributed by atoms with Crippen molar-refractivity contribution in [3.8, 4) is 0 Å². The van der Waals surface area contributed by atoms with E-state index < -0.39 is 0 Å². The zero-order valence-electron chi connectivity index (χ0n) is 10.9. The van der Waals surface area contributed by atoms with Gasteiger partial charge in [-0.2, -0.15) is 0 Å². The highest BCUT2D eigenvalue weighted by Gasteiger charge is 2.25. The molecule has 1 aliphatic rings. The third kappa shape index (κ3) is 3.76. The van der Waals surface area contributed by atoms with Crippen LogP contribution in [-0.2, 0) is 0 Å². The zero-order chi connectivity index (χ0) is 12.1. The molecule has 0 aromatic rings. The molecule has 1 fully saturated rings. The Labute approximate surface area is 99.3 Å². The molecule has 0 bridgehead atoms. The Morgan fingerprint density at radius 2 is 2.31 bits per heavy atom. The van der Waals surface area contributed by atoms with Gasteiger partial charge in [0, 0.05) is 25.0 Å². The molecule has 0 radical (unpaired) electrons. The van der Waals surface area contributed by atoms with Crippen molar-refractivity contribution in [2.45, 2.75) is 44.7 Å². The Balaban J connectivity index is 2.52. The number of nitrogens with zero attached hydrogens (tertiary/aromatic N) is 2. The SMILES string of the molecule is CCC(CC(=N)N)N(C)C1CCCN(C)C1. The topological polar surface area (TPSA) is 56.4 Å². The molecule has 1 heterocycles. The molecule has 2 unspecified atom stereocenters. The van der Waals surface area contributed by atoms with Gasteiger partial charge in [-0.3, -0.25) is 10.3 Å². The Morgan fingerprint density at radius 1 is 1.62 bits per heavy atom. The third-order valence-corrected chi connectivity index (χ3v) is 3.68. The van der Waals surface area contributed by atoms with Crippen molar-refractivity contribution in [1.82, 2.24) is 9.80 Å². The van der Waals surface area contributed by atoms with E-state index in [4.69, 9.17) is 11.1 Å². The molecule has 4 nitrogen and oxygen atoms in total. The van der Waals surface area contributed by atoms with E-state index >= 15 is 0 Å². The molecular weight excluding hydrogens is 200 g/mol. The maximum atomic E-state index is 7.42. The van der Waals surface area contributed by atoms with Gasteiger partial charge < -0.3 is 10.6 Å². The van der Waals surface area contributed by atoms with Gasteiger partial charge in [-0.1, -0.05) is 6.92 Å². The van der Waals surface area contributed by atoms with Gasteiger partial charge in [0.05, 0.1) is 5.84 Å². The summed E-state index contributed by atoms with van der Waals surface area (Å²) < 4.78 is 0. The number of rotatable bonds is 5. The summed E-state index contributed by atoms with van der Waals surface area (Å²) in [6.45, 7) is 4.54. The maximum absolute atomic E-state index is 7.42. The van der Waals surface area contributed by atoms with E-state index in [0.717, 1.165) is 13.0 Å². The van der Waals surface area contributed by atoms with E-state index in [0.29, 0.717) is 24.3 Å². The van der Waals surface area contributed by atoms with E-state index in [9.17, 15) is 0 Å². The summed E-state index contributed by atoms with van der Waals surface area (Å²) >= 11 is 0.